The van der Waals surface area contributed by atoms with Gasteiger partial charge in [0.25, 0.3) is 0 Å². The SMILES string of the molecule is O=C(O)C1(Cc2ncn[nH]2)CC1. The Hall–Kier alpha value is -1.39. The van der Waals surface area contributed by atoms with Crippen LogP contribution in [0.3, 0.4) is 0 Å². The summed E-state index contributed by atoms with van der Waals surface area (Å²) in [6.45, 7) is 0. The summed E-state index contributed by atoms with van der Waals surface area (Å²) in [5.74, 6) is -0.0613. The Morgan fingerprint density at radius 2 is 2.50 bits per heavy atom. The predicted molar refractivity (Wildman–Crippen MR) is 39.4 cm³/mol. The molecule has 0 radical (unpaired) electrons. The molecule has 0 saturated heterocycles. The number of aromatic amines is 1. The summed E-state index contributed by atoms with van der Waals surface area (Å²) in [5, 5.41) is 15.2. The lowest BCUT2D eigenvalue weighted by atomic mass is 10.0. The fourth-order valence-electron chi connectivity index (χ4n) is 1.25. The lowest BCUT2D eigenvalue weighted by Crippen LogP contribution is -2.18. The van der Waals surface area contributed by atoms with Crippen LogP contribution < -0.4 is 0 Å². The van der Waals surface area contributed by atoms with Gasteiger partial charge in [-0.15, -0.1) is 0 Å². The molecule has 2 N–H and O–H groups in total. The summed E-state index contributed by atoms with van der Waals surface area (Å²) >= 11 is 0. The normalized spacial score (nSPS) is 19.0. The van der Waals surface area contributed by atoms with Crippen molar-refractivity contribution in [3.05, 3.63) is 12.2 Å². The van der Waals surface area contributed by atoms with Crippen LogP contribution in [0.2, 0.25) is 0 Å². The largest absolute Gasteiger partial charge is 0.481 e. The molecule has 0 amide bonds. The molecule has 5 heteroatoms. The van der Waals surface area contributed by atoms with Gasteiger partial charge in [-0.2, -0.15) is 5.10 Å². The number of aromatic nitrogens is 3. The Kier molecular flexibility index (Phi) is 1.39. The molecule has 64 valence electrons. The molecule has 1 aliphatic carbocycles. The second kappa shape index (κ2) is 2.30. The molecular formula is C7H9N3O2. The fraction of sp³-hybridized carbons (Fsp3) is 0.571. The van der Waals surface area contributed by atoms with Crippen molar-refractivity contribution in [1.82, 2.24) is 15.2 Å². The molecule has 1 heterocycles. The number of nitrogens with zero attached hydrogens (tertiary/aromatic N) is 2. The number of hydrogen-bond donors (Lipinski definition) is 2. The minimum atomic E-state index is -0.723. The zero-order chi connectivity index (χ0) is 8.60. The van der Waals surface area contributed by atoms with Gasteiger partial charge in [0.2, 0.25) is 0 Å². The van der Waals surface area contributed by atoms with E-state index in [-0.39, 0.29) is 0 Å². The summed E-state index contributed by atoms with van der Waals surface area (Å²) in [4.78, 5) is 14.6. The van der Waals surface area contributed by atoms with Crippen molar-refractivity contribution in [2.45, 2.75) is 19.3 Å². The summed E-state index contributed by atoms with van der Waals surface area (Å²) in [5.41, 5.74) is -0.542. The molecule has 12 heavy (non-hydrogen) atoms. The van der Waals surface area contributed by atoms with Crippen molar-refractivity contribution < 1.29 is 9.90 Å². The first kappa shape index (κ1) is 7.27. The number of rotatable bonds is 3. The van der Waals surface area contributed by atoms with E-state index in [0.29, 0.717) is 12.2 Å². The third-order valence-corrected chi connectivity index (χ3v) is 2.28. The highest BCUT2D eigenvalue weighted by atomic mass is 16.4. The first-order valence-electron chi connectivity index (χ1n) is 3.81. The van der Waals surface area contributed by atoms with E-state index in [1.807, 2.05) is 0 Å². The van der Waals surface area contributed by atoms with Gasteiger partial charge in [0.1, 0.15) is 12.2 Å². The van der Waals surface area contributed by atoms with Crippen molar-refractivity contribution in [3.63, 3.8) is 0 Å². The van der Waals surface area contributed by atoms with Crippen molar-refractivity contribution in [2.24, 2.45) is 5.41 Å². The topological polar surface area (TPSA) is 78.9 Å². The molecule has 0 aliphatic heterocycles. The number of carbonyl (C=O) groups is 1. The first-order chi connectivity index (χ1) is 5.73. The van der Waals surface area contributed by atoms with E-state index in [2.05, 4.69) is 15.2 Å². The standard InChI is InChI=1S/C7H9N3O2/c11-6(12)7(1-2-7)3-5-8-4-9-10-5/h4H,1-3H2,(H,11,12)(H,8,9,10). The Labute approximate surface area is 68.8 Å². The fourth-order valence-corrected chi connectivity index (χ4v) is 1.25. The number of hydrogen-bond acceptors (Lipinski definition) is 3. The maximum Gasteiger partial charge on any atom is 0.310 e. The Morgan fingerprint density at radius 1 is 1.75 bits per heavy atom. The van der Waals surface area contributed by atoms with Gasteiger partial charge in [0, 0.05) is 6.42 Å². The van der Waals surface area contributed by atoms with Crippen LogP contribution in [-0.4, -0.2) is 26.3 Å². The Morgan fingerprint density at radius 3 is 2.92 bits per heavy atom. The molecule has 0 spiro atoms. The smallest absolute Gasteiger partial charge is 0.310 e. The van der Waals surface area contributed by atoms with Gasteiger partial charge in [-0.1, -0.05) is 0 Å². The summed E-state index contributed by atoms with van der Waals surface area (Å²) < 4.78 is 0. The van der Waals surface area contributed by atoms with Crippen LogP contribution in [-0.2, 0) is 11.2 Å². The molecule has 0 bridgehead atoms. The molecule has 5 nitrogen and oxygen atoms in total. The molecule has 1 fully saturated rings. The zero-order valence-electron chi connectivity index (χ0n) is 6.45. The lowest BCUT2D eigenvalue weighted by molar-refractivity contribution is -0.143. The van der Waals surface area contributed by atoms with Crippen molar-refractivity contribution in [1.29, 1.82) is 0 Å². The number of aliphatic carboxylic acids is 1. The third kappa shape index (κ3) is 1.07. The van der Waals surface area contributed by atoms with E-state index in [0.717, 1.165) is 12.8 Å². The first-order valence-corrected chi connectivity index (χ1v) is 3.81. The van der Waals surface area contributed by atoms with Crippen LogP contribution in [0.1, 0.15) is 18.7 Å². The molecular weight excluding hydrogens is 158 g/mol. The van der Waals surface area contributed by atoms with Crippen molar-refractivity contribution in [3.8, 4) is 0 Å². The van der Waals surface area contributed by atoms with Crippen LogP contribution in [0, 0.1) is 5.41 Å². The molecule has 0 atom stereocenters. The molecule has 1 aromatic heterocycles. The van der Waals surface area contributed by atoms with Gasteiger partial charge in [-0.25, -0.2) is 4.98 Å². The maximum atomic E-state index is 10.7. The minimum Gasteiger partial charge on any atom is -0.481 e. The molecule has 1 saturated carbocycles. The van der Waals surface area contributed by atoms with E-state index in [1.165, 1.54) is 6.33 Å². The number of nitrogens with one attached hydrogen (secondary N) is 1. The maximum absolute atomic E-state index is 10.7. The molecule has 1 aliphatic rings. The van der Waals surface area contributed by atoms with Crippen LogP contribution >= 0.6 is 0 Å². The van der Waals surface area contributed by atoms with E-state index >= 15 is 0 Å². The van der Waals surface area contributed by atoms with Gasteiger partial charge in [-0.05, 0) is 12.8 Å². The number of carboxylic acids is 1. The van der Waals surface area contributed by atoms with Crippen molar-refractivity contribution >= 4 is 5.97 Å². The summed E-state index contributed by atoms with van der Waals surface area (Å²) in [7, 11) is 0. The highest BCUT2D eigenvalue weighted by Crippen LogP contribution is 2.47. The second-order valence-corrected chi connectivity index (χ2v) is 3.19. The van der Waals surface area contributed by atoms with E-state index in [9.17, 15) is 4.79 Å². The average Bonchev–Trinajstić information content (AvgIpc) is 2.60. The second-order valence-electron chi connectivity index (χ2n) is 3.19. The average molecular weight is 167 g/mol. The zero-order valence-corrected chi connectivity index (χ0v) is 6.45. The number of carboxylic acid groups (broad SMARTS) is 1. The minimum absolute atomic E-state index is 0.475. The lowest BCUT2D eigenvalue weighted by Gasteiger charge is -2.05. The van der Waals surface area contributed by atoms with Crippen LogP contribution in [0.5, 0.6) is 0 Å². The summed E-state index contributed by atoms with van der Waals surface area (Å²) in [6.07, 6.45) is 3.38. The summed E-state index contributed by atoms with van der Waals surface area (Å²) in [6, 6.07) is 0. The van der Waals surface area contributed by atoms with E-state index in [1.54, 1.807) is 0 Å². The third-order valence-electron chi connectivity index (χ3n) is 2.28. The highest BCUT2D eigenvalue weighted by molar-refractivity contribution is 5.78. The quantitative estimate of drug-likeness (QED) is 0.674. The van der Waals surface area contributed by atoms with Gasteiger partial charge in [-0.3, -0.25) is 9.89 Å². The van der Waals surface area contributed by atoms with Gasteiger partial charge in [0.05, 0.1) is 5.41 Å². The van der Waals surface area contributed by atoms with Crippen LogP contribution in [0.25, 0.3) is 0 Å². The Balaban J connectivity index is 2.09. The Bertz CT molecular complexity index is 290. The number of H-pyrrole nitrogens is 1. The predicted octanol–water partition coefficient (Wildman–Crippen LogP) is 0.212. The van der Waals surface area contributed by atoms with Crippen LogP contribution in [0.15, 0.2) is 6.33 Å². The van der Waals surface area contributed by atoms with Crippen LogP contribution in [0.4, 0.5) is 0 Å². The van der Waals surface area contributed by atoms with E-state index in [4.69, 9.17) is 5.11 Å². The molecule has 2 rings (SSSR count). The van der Waals surface area contributed by atoms with Gasteiger partial charge < -0.3 is 5.11 Å². The highest BCUT2D eigenvalue weighted by Gasteiger charge is 2.50. The van der Waals surface area contributed by atoms with E-state index < -0.39 is 11.4 Å². The molecule has 0 aromatic carbocycles. The van der Waals surface area contributed by atoms with Gasteiger partial charge in [0.15, 0.2) is 0 Å². The molecule has 1 aromatic rings. The van der Waals surface area contributed by atoms with Crippen molar-refractivity contribution in [2.75, 3.05) is 0 Å². The monoisotopic (exact) mass is 167 g/mol. The van der Waals surface area contributed by atoms with Gasteiger partial charge >= 0.3 is 5.97 Å². The molecule has 0 unspecified atom stereocenters.